The van der Waals surface area contributed by atoms with Gasteiger partial charge in [-0.1, -0.05) is 24.9 Å². The summed E-state index contributed by atoms with van der Waals surface area (Å²) >= 11 is 7.88. The molecule has 0 aliphatic carbocycles. The number of hydrogen-bond donors (Lipinski definition) is 2. The number of aromatic nitrogens is 3. The van der Waals surface area contributed by atoms with Crippen molar-refractivity contribution in [2.45, 2.75) is 52.6 Å². The second kappa shape index (κ2) is 7.20. The molecule has 0 bridgehead atoms. The first-order valence-electron chi connectivity index (χ1n) is 6.99. The van der Waals surface area contributed by atoms with Crippen LogP contribution in [0.1, 0.15) is 54.1 Å². The van der Waals surface area contributed by atoms with Gasteiger partial charge in [0.2, 0.25) is 0 Å². The summed E-state index contributed by atoms with van der Waals surface area (Å²) in [6.07, 6.45) is 5.15. The fourth-order valence-corrected chi connectivity index (χ4v) is 2.95. The zero-order valence-electron chi connectivity index (χ0n) is 12.2. The van der Waals surface area contributed by atoms with Gasteiger partial charge in [-0.15, -0.1) is 11.3 Å². The minimum Gasteiger partial charge on any atom is -0.344 e. The molecule has 2 aromatic heterocycles. The zero-order valence-corrected chi connectivity index (χ0v) is 13.7. The molecule has 1 unspecified atom stereocenters. The van der Waals surface area contributed by atoms with Crippen molar-refractivity contribution in [3.05, 3.63) is 32.8 Å². The number of imidazole rings is 1. The molecular weight excluding hydrogens is 292 g/mol. The smallest absolute Gasteiger partial charge is 0.151 e. The minimum absolute atomic E-state index is 0.215. The third-order valence-electron chi connectivity index (χ3n) is 3.14. The van der Waals surface area contributed by atoms with Gasteiger partial charge in [-0.3, -0.25) is 0 Å². The van der Waals surface area contributed by atoms with Crippen LogP contribution in [-0.4, -0.2) is 15.0 Å². The van der Waals surface area contributed by atoms with Gasteiger partial charge in [0, 0.05) is 24.0 Å². The van der Waals surface area contributed by atoms with Crippen LogP contribution in [-0.2, 0) is 13.0 Å². The number of H-pyrrole nitrogens is 1. The molecule has 2 aromatic rings. The van der Waals surface area contributed by atoms with E-state index in [1.54, 1.807) is 11.3 Å². The van der Waals surface area contributed by atoms with Crippen LogP contribution in [0.5, 0.6) is 0 Å². The summed E-state index contributed by atoms with van der Waals surface area (Å²) in [6, 6.07) is 0.215. The Morgan fingerprint density at radius 1 is 1.50 bits per heavy atom. The molecule has 2 rings (SSSR count). The molecule has 6 heteroatoms. The van der Waals surface area contributed by atoms with E-state index < -0.39 is 0 Å². The van der Waals surface area contributed by atoms with Gasteiger partial charge in [-0.2, -0.15) is 0 Å². The van der Waals surface area contributed by atoms with E-state index in [1.807, 2.05) is 6.20 Å². The summed E-state index contributed by atoms with van der Waals surface area (Å²) in [5.74, 6) is 0.978. The molecule has 0 saturated carbocycles. The van der Waals surface area contributed by atoms with Crippen LogP contribution in [0.2, 0.25) is 5.15 Å². The lowest BCUT2D eigenvalue weighted by atomic mass is 10.2. The van der Waals surface area contributed by atoms with Gasteiger partial charge in [-0.25, -0.2) is 9.97 Å². The normalized spacial score (nSPS) is 12.8. The van der Waals surface area contributed by atoms with Crippen LogP contribution < -0.4 is 5.32 Å². The van der Waals surface area contributed by atoms with E-state index in [4.69, 9.17) is 11.6 Å². The van der Waals surface area contributed by atoms with Crippen LogP contribution >= 0.6 is 22.9 Å². The Labute approximate surface area is 129 Å². The summed E-state index contributed by atoms with van der Waals surface area (Å²) in [5.41, 5.74) is 0.956. The predicted octanol–water partition coefficient (Wildman–Crippen LogP) is 4.02. The van der Waals surface area contributed by atoms with Crippen molar-refractivity contribution in [3.63, 3.8) is 0 Å². The highest BCUT2D eigenvalue weighted by Gasteiger charge is 2.12. The first kappa shape index (κ1) is 15.5. The van der Waals surface area contributed by atoms with Crippen LogP contribution in [0.15, 0.2) is 6.20 Å². The van der Waals surface area contributed by atoms with E-state index in [2.05, 4.69) is 41.0 Å². The highest BCUT2D eigenvalue weighted by molar-refractivity contribution is 7.11. The van der Waals surface area contributed by atoms with Gasteiger partial charge in [-0.05, 0) is 20.3 Å². The van der Waals surface area contributed by atoms with Gasteiger partial charge in [0.25, 0.3) is 0 Å². The van der Waals surface area contributed by atoms with Crippen molar-refractivity contribution in [2.75, 3.05) is 0 Å². The van der Waals surface area contributed by atoms with Crippen molar-refractivity contribution in [1.29, 1.82) is 0 Å². The Balaban J connectivity index is 1.91. The summed E-state index contributed by atoms with van der Waals surface area (Å²) in [4.78, 5) is 13.3. The third kappa shape index (κ3) is 4.04. The molecule has 0 aliphatic heterocycles. The maximum Gasteiger partial charge on any atom is 0.151 e. The van der Waals surface area contributed by atoms with E-state index in [0.29, 0.717) is 11.7 Å². The summed E-state index contributed by atoms with van der Waals surface area (Å²) in [6.45, 7) is 7.03. The van der Waals surface area contributed by atoms with Crippen LogP contribution in [0, 0.1) is 6.92 Å². The largest absolute Gasteiger partial charge is 0.344 e. The van der Waals surface area contributed by atoms with E-state index in [-0.39, 0.29) is 6.04 Å². The number of unbranched alkanes of at least 4 members (excludes halogenated alkanes) is 1. The molecule has 0 aromatic carbocycles. The highest BCUT2D eigenvalue weighted by Crippen LogP contribution is 2.20. The van der Waals surface area contributed by atoms with Crippen molar-refractivity contribution in [2.24, 2.45) is 0 Å². The molecule has 1 atom stereocenters. The zero-order chi connectivity index (χ0) is 14.5. The molecule has 2 N–H and O–H groups in total. The number of hydrogen-bond acceptors (Lipinski definition) is 4. The summed E-state index contributed by atoms with van der Waals surface area (Å²) < 4.78 is 0. The van der Waals surface area contributed by atoms with Crippen molar-refractivity contribution < 1.29 is 0 Å². The fourth-order valence-electron chi connectivity index (χ4n) is 1.93. The Morgan fingerprint density at radius 2 is 2.30 bits per heavy atom. The molecule has 0 radical (unpaired) electrons. The van der Waals surface area contributed by atoms with Crippen molar-refractivity contribution >= 4 is 22.9 Å². The van der Waals surface area contributed by atoms with Crippen LogP contribution in [0.4, 0.5) is 0 Å². The number of nitrogens with zero attached hydrogens (tertiary/aromatic N) is 2. The lowest BCUT2D eigenvalue weighted by Crippen LogP contribution is -2.18. The van der Waals surface area contributed by atoms with Crippen molar-refractivity contribution in [3.8, 4) is 0 Å². The monoisotopic (exact) mass is 312 g/mol. The number of rotatable bonds is 7. The van der Waals surface area contributed by atoms with E-state index in [9.17, 15) is 0 Å². The van der Waals surface area contributed by atoms with Gasteiger partial charge in [0.15, 0.2) is 5.15 Å². The molecule has 0 saturated heterocycles. The maximum atomic E-state index is 6.16. The van der Waals surface area contributed by atoms with Crippen molar-refractivity contribution in [1.82, 2.24) is 20.3 Å². The average molecular weight is 313 g/mol. The highest BCUT2D eigenvalue weighted by atomic mass is 35.5. The SMILES string of the molecule is CCCCc1nc(Cl)c(CNC(C)c2ncc(C)s2)[nH]1. The molecule has 0 amide bonds. The van der Waals surface area contributed by atoms with Gasteiger partial charge in [0.1, 0.15) is 10.8 Å². The average Bonchev–Trinajstić information content (AvgIpc) is 3.00. The molecule has 110 valence electrons. The summed E-state index contributed by atoms with van der Waals surface area (Å²) in [5, 5.41) is 5.11. The predicted molar refractivity (Wildman–Crippen MR) is 84.3 cm³/mol. The lowest BCUT2D eigenvalue weighted by Gasteiger charge is -2.10. The molecule has 4 nitrogen and oxygen atoms in total. The number of halogens is 1. The molecule has 20 heavy (non-hydrogen) atoms. The molecule has 2 heterocycles. The fraction of sp³-hybridized carbons (Fsp3) is 0.571. The minimum atomic E-state index is 0.215. The Morgan fingerprint density at radius 3 is 2.95 bits per heavy atom. The number of aromatic amines is 1. The summed E-state index contributed by atoms with van der Waals surface area (Å²) in [7, 11) is 0. The first-order valence-corrected chi connectivity index (χ1v) is 8.18. The van der Waals surface area contributed by atoms with Gasteiger partial charge < -0.3 is 10.3 Å². The number of thiazole rings is 1. The Kier molecular flexibility index (Phi) is 5.57. The molecule has 0 fully saturated rings. The quantitative estimate of drug-likeness (QED) is 0.812. The second-order valence-corrected chi connectivity index (χ2v) is 6.59. The Hall–Kier alpha value is -0.910. The third-order valence-corrected chi connectivity index (χ3v) is 4.55. The van der Waals surface area contributed by atoms with E-state index in [1.165, 1.54) is 4.88 Å². The topological polar surface area (TPSA) is 53.6 Å². The second-order valence-electron chi connectivity index (χ2n) is 4.97. The lowest BCUT2D eigenvalue weighted by molar-refractivity contribution is 0.565. The van der Waals surface area contributed by atoms with Crippen LogP contribution in [0.3, 0.4) is 0 Å². The number of nitrogens with one attached hydrogen (secondary N) is 2. The molecule has 0 aliphatic rings. The number of aryl methyl sites for hydroxylation is 2. The van der Waals surface area contributed by atoms with E-state index >= 15 is 0 Å². The van der Waals surface area contributed by atoms with E-state index in [0.717, 1.165) is 35.8 Å². The van der Waals surface area contributed by atoms with Crippen LogP contribution in [0.25, 0.3) is 0 Å². The van der Waals surface area contributed by atoms with Gasteiger partial charge >= 0.3 is 0 Å². The maximum absolute atomic E-state index is 6.16. The molecule has 0 spiro atoms. The first-order chi connectivity index (χ1) is 9.60. The van der Waals surface area contributed by atoms with Gasteiger partial charge in [0.05, 0.1) is 11.7 Å². The standard InChI is InChI=1S/C14H21ClN4S/c1-4-5-6-12-18-11(13(15)19-12)8-16-10(3)14-17-7-9(2)20-14/h7,10,16H,4-6,8H2,1-3H3,(H,18,19). The molecular formula is C14H21ClN4S. The Bertz CT molecular complexity index is 549.